The molecule has 1 unspecified atom stereocenters. The number of thioether (sulfide) groups is 1. The van der Waals surface area contributed by atoms with Crippen molar-refractivity contribution in [1.29, 1.82) is 0 Å². The summed E-state index contributed by atoms with van der Waals surface area (Å²) in [4.78, 5) is 12.8. The van der Waals surface area contributed by atoms with Gasteiger partial charge in [-0.05, 0) is 13.2 Å². The molecule has 2 heterocycles. The Morgan fingerprint density at radius 1 is 1.39 bits per heavy atom. The van der Waals surface area contributed by atoms with Gasteiger partial charge >= 0.3 is 0 Å². The van der Waals surface area contributed by atoms with Gasteiger partial charge in [-0.2, -0.15) is 0 Å². The third-order valence-corrected chi connectivity index (χ3v) is 3.73. The van der Waals surface area contributed by atoms with Crippen LogP contribution in [-0.2, 0) is 0 Å². The molecule has 0 saturated heterocycles. The quantitative estimate of drug-likeness (QED) is 0.335. The van der Waals surface area contributed by atoms with Gasteiger partial charge in [0.15, 0.2) is 5.16 Å². The summed E-state index contributed by atoms with van der Waals surface area (Å²) in [5.74, 6) is 6.69. The highest BCUT2D eigenvalue weighted by atomic mass is 32.2. The fourth-order valence-corrected chi connectivity index (χ4v) is 2.42. The lowest BCUT2D eigenvalue weighted by Crippen LogP contribution is -2.12. The van der Waals surface area contributed by atoms with Crippen LogP contribution in [0, 0.1) is 0 Å². The maximum absolute atomic E-state index is 5.38. The van der Waals surface area contributed by atoms with Gasteiger partial charge in [-0.25, -0.2) is 20.8 Å². The normalized spacial score (nSPS) is 12.2. The predicted octanol–water partition coefficient (Wildman–Crippen LogP) is 2.11. The molecule has 0 aliphatic carbocycles. The van der Waals surface area contributed by atoms with Gasteiger partial charge in [0, 0.05) is 17.6 Å². The number of anilines is 2. The zero-order valence-electron chi connectivity index (χ0n) is 10.0. The highest BCUT2D eigenvalue weighted by Gasteiger charge is 2.10. The predicted molar refractivity (Wildman–Crippen MR) is 75.8 cm³/mol. The van der Waals surface area contributed by atoms with E-state index in [9.17, 15) is 0 Å². The molecule has 4 N–H and O–H groups in total. The van der Waals surface area contributed by atoms with Crippen LogP contribution in [0.5, 0.6) is 0 Å². The van der Waals surface area contributed by atoms with E-state index in [0.717, 1.165) is 10.8 Å². The average Bonchev–Trinajstić information content (AvgIpc) is 2.92. The van der Waals surface area contributed by atoms with Crippen molar-refractivity contribution in [3.8, 4) is 0 Å². The molecule has 96 valence electrons. The lowest BCUT2D eigenvalue weighted by Gasteiger charge is -2.13. The minimum atomic E-state index is 0.0974. The van der Waals surface area contributed by atoms with Gasteiger partial charge < -0.3 is 10.7 Å². The summed E-state index contributed by atoms with van der Waals surface area (Å²) in [6.45, 7) is 2.04. The maximum atomic E-state index is 5.38. The molecule has 8 heteroatoms. The van der Waals surface area contributed by atoms with Crippen molar-refractivity contribution < 1.29 is 0 Å². The fraction of sp³-hybridized carbons (Fsp3) is 0.300. The number of rotatable bonds is 5. The van der Waals surface area contributed by atoms with Crippen LogP contribution < -0.4 is 16.6 Å². The number of hydrogen-bond donors (Lipinski definition) is 3. The number of nitrogens with two attached hydrogens (primary N) is 1. The van der Waals surface area contributed by atoms with E-state index in [1.165, 1.54) is 11.8 Å². The second-order valence-electron chi connectivity index (χ2n) is 3.51. The van der Waals surface area contributed by atoms with Crippen molar-refractivity contribution in [2.24, 2.45) is 5.84 Å². The van der Waals surface area contributed by atoms with E-state index in [0.29, 0.717) is 11.0 Å². The van der Waals surface area contributed by atoms with Gasteiger partial charge in [-0.15, -0.1) is 11.3 Å². The second-order valence-corrected chi connectivity index (χ2v) is 5.21. The highest BCUT2D eigenvalue weighted by molar-refractivity contribution is 7.98. The molecule has 0 spiro atoms. The van der Waals surface area contributed by atoms with Crippen LogP contribution in [0.1, 0.15) is 18.0 Å². The van der Waals surface area contributed by atoms with Crippen LogP contribution in [0.25, 0.3) is 0 Å². The number of aromatic nitrogens is 3. The van der Waals surface area contributed by atoms with Gasteiger partial charge in [-0.1, -0.05) is 11.8 Å². The van der Waals surface area contributed by atoms with E-state index >= 15 is 0 Å². The molecular formula is C10H14N6S2. The van der Waals surface area contributed by atoms with Gasteiger partial charge in [0.05, 0.1) is 6.04 Å². The van der Waals surface area contributed by atoms with Gasteiger partial charge in [0.25, 0.3) is 0 Å². The number of thiazole rings is 1. The molecule has 2 aromatic rings. The van der Waals surface area contributed by atoms with Gasteiger partial charge in [-0.3, -0.25) is 0 Å². The van der Waals surface area contributed by atoms with E-state index in [-0.39, 0.29) is 6.04 Å². The Morgan fingerprint density at radius 3 is 2.78 bits per heavy atom. The smallest absolute Gasteiger partial charge is 0.191 e. The molecule has 2 rings (SSSR count). The van der Waals surface area contributed by atoms with E-state index in [2.05, 4.69) is 25.7 Å². The van der Waals surface area contributed by atoms with Crippen LogP contribution in [0.2, 0.25) is 0 Å². The fourth-order valence-electron chi connectivity index (χ4n) is 1.40. The van der Waals surface area contributed by atoms with E-state index < -0.39 is 0 Å². The molecule has 6 nitrogen and oxygen atoms in total. The van der Waals surface area contributed by atoms with E-state index in [1.807, 2.05) is 18.6 Å². The second kappa shape index (κ2) is 5.98. The Labute approximate surface area is 113 Å². The molecule has 18 heavy (non-hydrogen) atoms. The van der Waals surface area contributed by atoms with Crippen molar-refractivity contribution in [2.45, 2.75) is 18.1 Å². The molecule has 1 atom stereocenters. The van der Waals surface area contributed by atoms with Crippen LogP contribution in [0.4, 0.5) is 11.6 Å². The van der Waals surface area contributed by atoms with Gasteiger partial charge in [0.1, 0.15) is 16.6 Å². The molecular weight excluding hydrogens is 268 g/mol. The summed E-state index contributed by atoms with van der Waals surface area (Å²) < 4.78 is 0. The van der Waals surface area contributed by atoms with Crippen molar-refractivity contribution >= 4 is 34.7 Å². The first-order valence-corrected chi connectivity index (χ1v) is 7.39. The minimum absolute atomic E-state index is 0.0974. The topological polar surface area (TPSA) is 88.8 Å². The molecule has 0 aliphatic heterocycles. The van der Waals surface area contributed by atoms with Crippen molar-refractivity contribution in [2.75, 3.05) is 17.0 Å². The molecule has 0 fully saturated rings. The number of nitrogen functional groups attached to an aromatic ring is 1. The number of hydrogen-bond acceptors (Lipinski definition) is 8. The first kappa shape index (κ1) is 13.1. The van der Waals surface area contributed by atoms with E-state index in [4.69, 9.17) is 5.84 Å². The lowest BCUT2D eigenvalue weighted by molar-refractivity contribution is 0.845. The Morgan fingerprint density at radius 2 is 2.17 bits per heavy atom. The van der Waals surface area contributed by atoms with Crippen LogP contribution in [-0.4, -0.2) is 21.2 Å². The Balaban J connectivity index is 2.17. The number of hydrazine groups is 1. The summed E-state index contributed by atoms with van der Waals surface area (Å²) in [7, 11) is 0. The molecule has 2 aromatic heterocycles. The molecule has 0 aromatic carbocycles. The summed E-state index contributed by atoms with van der Waals surface area (Å²) in [6, 6.07) is 1.87. The first-order valence-electron chi connectivity index (χ1n) is 5.28. The maximum Gasteiger partial charge on any atom is 0.191 e. The molecule has 0 amide bonds. The van der Waals surface area contributed by atoms with Crippen molar-refractivity contribution in [1.82, 2.24) is 15.0 Å². The minimum Gasteiger partial charge on any atom is -0.361 e. The zero-order chi connectivity index (χ0) is 13.0. The SMILES string of the molecule is CSc1nc(NN)cc(NC(C)c2nccs2)n1. The third kappa shape index (κ3) is 3.09. The zero-order valence-corrected chi connectivity index (χ0v) is 11.7. The van der Waals surface area contributed by atoms with Crippen molar-refractivity contribution in [3.63, 3.8) is 0 Å². The average molecular weight is 282 g/mol. The molecule has 0 saturated carbocycles. The summed E-state index contributed by atoms with van der Waals surface area (Å²) in [5, 5.41) is 6.92. The molecule has 0 bridgehead atoms. The Kier molecular flexibility index (Phi) is 4.34. The van der Waals surface area contributed by atoms with E-state index in [1.54, 1.807) is 23.6 Å². The summed E-state index contributed by atoms with van der Waals surface area (Å²) in [5.41, 5.74) is 2.53. The number of nitrogens with zero attached hydrogens (tertiary/aromatic N) is 3. The molecule has 0 aliphatic rings. The largest absolute Gasteiger partial charge is 0.361 e. The number of nitrogens with one attached hydrogen (secondary N) is 2. The monoisotopic (exact) mass is 282 g/mol. The van der Waals surface area contributed by atoms with Gasteiger partial charge in [0.2, 0.25) is 0 Å². The summed E-state index contributed by atoms with van der Waals surface area (Å²) >= 11 is 3.07. The van der Waals surface area contributed by atoms with Crippen LogP contribution >= 0.6 is 23.1 Å². The summed E-state index contributed by atoms with van der Waals surface area (Å²) in [6.07, 6.45) is 3.71. The third-order valence-electron chi connectivity index (χ3n) is 2.22. The van der Waals surface area contributed by atoms with Crippen LogP contribution in [0.15, 0.2) is 22.8 Å². The van der Waals surface area contributed by atoms with Crippen molar-refractivity contribution in [3.05, 3.63) is 22.7 Å². The highest BCUT2D eigenvalue weighted by Crippen LogP contribution is 2.22. The first-order chi connectivity index (χ1) is 8.72. The van der Waals surface area contributed by atoms with Crippen LogP contribution in [0.3, 0.4) is 0 Å². The Bertz CT molecular complexity index is 479. The lowest BCUT2D eigenvalue weighted by atomic mass is 10.3. The standard InChI is InChI=1S/C10H14N6S2/c1-6(9-12-3-4-18-9)13-7-5-8(16-11)15-10(14-7)17-2/h3-6H,11H2,1-2H3,(H2,13,14,15,16). The Hall–Kier alpha value is -1.38. The molecule has 0 radical (unpaired) electrons.